The van der Waals surface area contributed by atoms with Gasteiger partial charge >= 0.3 is 0 Å². The summed E-state index contributed by atoms with van der Waals surface area (Å²) in [5, 5.41) is 2.75. The highest BCUT2D eigenvalue weighted by Gasteiger charge is 2.15. The minimum absolute atomic E-state index is 0.198. The Kier molecular flexibility index (Phi) is 4.13. The van der Waals surface area contributed by atoms with Crippen molar-refractivity contribution in [3.63, 3.8) is 0 Å². The molecule has 0 saturated heterocycles. The van der Waals surface area contributed by atoms with Crippen molar-refractivity contribution in [1.82, 2.24) is 4.98 Å². The van der Waals surface area contributed by atoms with Gasteiger partial charge in [-0.1, -0.05) is 18.2 Å². The maximum Gasteiger partial charge on any atom is 0.265 e. The van der Waals surface area contributed by atoms with Gasteiger partial charge in [-0.3, -0.25) is 9.78 Å². The van der Waals surface area contributed by atoms with Crippen molar-refractivity contribution in [3.8, 4) is 5.75 Å². The smallest absolute Gasteiger partial charge is 0.265 e. The molecule has 0 aliphatic rings. The first-order valence-corrected chi connectivity index (χ1v) is 6.10. The van der Waals surface area contributed by atoms with Gasteiger partial charge in [0.1, 0.15) is 5.75 Å². The van der Waals surface area contributed by atoms with Gasteiger partial charge in [0.05, 0.1) is 11.9 Å². The molecule has 0 aliphatic carbocycles. The largest absolute Gasteiger partial charge is 0.481 e. The van der Waals surface area contributed by atoms with Crippen LogP contribution in [0.4, 0.5) is 5.69 Å². The summed E-state index contributed by atoms with van der Waals surface area (Å²) in [5.74, 6) is 0.521. The first-order chi connectivity index (χ1) is 9.16. The highest BCUT2D eigenvalue weighted by atomic mass is 16.5. The Morgan fingerprint density at radius 2 is 2.05 bits per heavy atom. The SMILES string of the molecule is Cc1ccccc1O[C@H](C)C(=O)Nc1cccnc1. The Labute approximate surface area is 112 Å². The molecule has 1 atom stereocenters. The molecule has 0 unspecified atom stereocenters. The number of pyridine rings is 1. The van der Waals surface area contributed by atoms with Gasteiger partial charge in [-0.15, -0.1) is 0 Å². The van der Waals surface area contributed by atoms with Gasteiger partial charge in [-0.05, 0) is 37.6 Å². The Bertz CT molecular complexity index is 555. The second-order valence-electron chi connectivity index (χ2n) is 4.26. The molecule has 0 radical (unpaired) electrons. The second-order valence-corrected chi connectivity index (χ2v) is 4.26. The Morgan fingerprint density at radius 1 is 1.26 bits per heavy atom. The van der Waals surface area contributed by atoms with Gasteiger partial charge in [0.25, 0.3) is 5.91 Å². The van der Waals surface area contributed by atoms with Crippen LogP contribution in [0.2, 0.25) is 0 Å². The number of aryl methyl sites for hydroxylation is 1. The zero-order valence-electron chi connectivity index (χ0n) is 11.0. The first kappa shape index (κ1) is 13.1. The van der Waals surface area contributed by atoms with Crippen LogP contribution in [0.3, 0.4) is 0 Å². The topological polar surface area (TPSA) is 51.2 Å². The minimum atomic E-state index is -0.568. The summed E-state index contributed by atoms with van der Waals surface area (Å²) in [7, 11) is 0. The molecule has 0 spiro atoms. The van der Waals surface area contributed by atoms with Crippen molar-refractivity contribution in [2.45, 2.75) is 20.0 Å². The number of anilines is 1. The van der Waals surface area contributed by atoms with Crippen LogP contribution < -0.4 is 10.1 Å². The zero-order valence-corrected chi connectivity index (χ0v) is 11.0. The molecule has 2 aromatic rings. The van der Waals surface area contributed by atoms with Crippen molar-refractivity contribution in [2.75, 3.05) is 5.32 Å². The summed E-state index contributed by atoms with van der Waals surface area (Å²) in [4.78, 5) is 15.9. The molecule has 19 heavy (non-hydrogen) atoms. The van der Waals surface area contributed by atoms with Crippen molar-refractivity contribution >= 4 is 11.6 Å². The van der Waals surface area contributed by atoms with Gasteiger partial charge in [0, 0.05) is 6.20 Å². The highest BCUT2D eigenvalue weighted by molar-refractivity contribution is 5.93. The minimum Gasteiger partial charge on any atom is -0.481 e. The number of rotatable bonds is 4. The maximum absolute atomic E-state index is 12.0. The summed E-state index contributed by atoms with van der Waals surface area (Å²) in [6.45, 7) is 3.67. The highest BCUT2D eigenvalue weighted by Crippen LogP contribution is 2.18. The lowest BCUT2D eigenvalue weighted by atomic mass is 10.2. The molecule has 1 heterocycles. The van der Waals surface area contributed by atoms with Crippen LogP contribution in [0.1, 0.15) is 12.5 Å². The molecule has 1 amide bonds. The molecule has 98 valence electrons. The molecule has 2 rings (SSSR count). The normalized spacial score (nSPS) is 11.7. The molecule has 0 aliphatic heterocycles. The maximum atomic E-state index is 12.0. The Hall–Kier alpha value is -2.36. The molecule has 0 bridgehead atoms. The number of nitrogens with one attached hydrogen (secondary N) is 1. The standard InChI is InChI=1S/C15H16N2O2/c1-11-6-3-4-8-14(11)19-12(2)15(18)17-13-7-5-9-16-10-13/h3-10,12H,1-2H3,(H,17,18)/t12-/m1/s1. The fraction of sp³-hybridized carbons (Fsp3) is 0.200. The lowest BCUT2D eigenvalue weighted by Crippen LogP contribution is -2.30. The summed E-state index contributed by atoms with van der Waals surface area (Å²) in [5.41, 5.74) is 1.66. The van der Waals surface area contributed by atoms with Gasteiger partial charge in [-0.25, -0.2) is 0 Å². The number of para-hydroxylation sites is 1. The third kappa shape index (κ3) is 3.55. The lowest BCUT2D eigenvalue weighted by molar-refractivity contribution is -0.122. The number of carbonyl (C=O) groups excluding carboxylic acids is 1. The summed E-state index contributed by atoms with van der Waals surface area (Å²) >= 11 is 0. The van der Waals surface area contributed by atoms with Crippen molar-refractivity contribution in [1.29, 1.82) is 0 Å². The fourth-order valence-corrected chi connectivity index (χ4v) is 1.61. The van der Waals surface area contributed by atoms with E-state index in [1.165, 1.54) is 0 Å². The number of hydrogen-bond donors (Lipinski definition) is 1. The number of benzene rings is 1. The predicted octanol–water partition coefficient (Wildman–Crippen LogP) is 2.80. The summed E-state index contributed by atoms with van der Waals surface area (Å²) in [6, 6.07) is 11.2. The van der Waals surface area contributed by atoms with Gasteiger partial charge in [-0.2, -0.15) is 0 Å². The third-order valence-corrected chi connectivity index (χ3v) is 2.70. The van der Waals surface area contributed by atoms with E-state index in [0.717, 1.165) is 11.3 Å². The van der Waals surface area contributed by atoms with Gasteiger partial charge in [0.15, 0.2) is 6.10 Å². The summed E-state index contributed by atoms with van der Waals surface area (Å²) < 4.78 is 5.65. The van der Waals surface area contributed by atoms with E-state index < -0.39 is 6.10 Å². The molecule has 1 aromatic heterocycles. The molecule has 0 saturated carbocycles. The van der Waals surface area contributed by atoms with E-state index in [2.05, 4.69) is 10.3 Å². The summed E-state index contributed by atoms with van der Waals surface area (Å²) in [6.07, 6.45) is 2.68. The van der Waals surface area contributed by atoms with E-state index in [0.29, 0.717) is 5.69 Å². The average Bonchev–Trinajstić information content (AvgIpc) is 2.42. The van der Waals surface area contributed by atoms with Crippen molar-refractivity contribution in [2.24, 2.45) is 0 Å². The zero-order chi connectivity index (χ0) is 13.7. The van der Waals surface area contributed by atoms with Crippen molar-refractivity contribution < 1.29 is 9.53 Å². The van der Waals surface area contributed by atoms with Crippen molar-refractivity contribution in [3.05, 3.63) is 54.4 Å². The van der Waals surface area contributed by atoms with Gasteiger partial charge in [0.2, 0.25) is 0 Å². The average molecular weight is 256 g/mol. The molecular formula is C15H16N2O2. The van der Waals surface area contributed by atoms with Gasteiger partial charge < -0.3 is 10.1 Å². The van der Waals surface area contributed by atoms with Crippen LogP contribution in [-0.2, 0) is 4.79 Å². The van der Waals surface area contributed by atoms with Crippen LogP contribution in [0.5, 0.6) is 5.75 Å². The number of nitrogens with zero attached hydrogens (tertiary/aromatic N) is 1. The first-order valence-electron chi connectivity index (χ1n) is 6.10. The Morgan fingerprint density at radius 3 is 2.74 bits per heavy atom. The molecule has 1 aromatic carbocycles. The van der Waals surface area contributed by atoms with Crippen LogP contribution in [-0.4, -0.2) is 17.0 Å². The third-order valence-electron chi connectivity index (χ3n) is 2.70. The quantitative estimate of drug-likeness (QED) is 0.915. The van der Waals surface area contributed by atoms with E-state index in [1.807, 2.05) is 31.2 Å². The van der Waals surface area contributed by atoms with E-state index in [9.17, 15) is 4.79 Å². The molecule has 4 heteroatoms. The van der Waals surface area contributed by atoms with Crippen LogP contribution in [0.25, 0.3) is 0 Å². The van der Waals surface area contributed by atoms with E-state index in [4.69, 9.17) is 4.74 Å². The second kappa shape index (κ2) is 6.00. The molecule has 1 N–H and O–H groups in total. The predicted molar refractivity (Wildman–Crippen MR) is 74.1 cm³/mol. The number of carbonyl (C=O) groups is 1. The Balaban J connectivity index is 1.98. The number of amides is 1. The fourth-order valence-electron chi connectivity index (χ4n) is 1.61. The number of aromatic nitrogens is 1. The van der Waals surface area contributed by atoms with E-state index in [1.54, 1.807) is 31.5 Å². The van der Waals surface area contributed by atoms with E-state index >= 15 is 0 Å². The van der Waals surface area contributed by atoms with Crippen LogP contribution in [0.15, 0.2) is 48.8 Å². The molecule has 4 nitrogen and oxygen atoms in total. The number of ether oxygens (including phenoxy) is 1. The lowest BCUT2D eigenvalue weighted by Gasteiger charge is -2.16. The van der Waals surface area contributed by atoms with E-state index in [-0.39, 0.29) is 5.91 Å². The monoisotopic (exact) mass is 256 g/mol. The van der Waals surface area contributed by atoms with Crippen LogP contribution in [0, 0.1) is 6.92 Å². The van der Waals surface area contributed by atoms with Crippen LogP contribution >= 0.6 is 0 Å². The molecule has 0 fully saturated rings. The molecular weight excluding hydrogens is 240 g/mol. The number of hydrogen-bond acceptors (Lipinski definition) is 3.